The highest BCUT2D eigenvalue weighted by Gasteiger charge is 2.40. The fraction of sp³-hybridized carbons (Fsp3) is 0.412. The van der Waals surface area contributed by atoms with Gasteiger partial charge in [0.25, 0.3) is 5.91 Å². The predicted octanol–water partition coefficient (Wildman–Crippen LogP) is 7.08. The van der Waals surface area contributed by atoms with Crippen LogP contribution in [0.1, 0.15) is 66.9 Å². The zero-order chi connectivity index (χ0) is 28.9. The van der Waals surface area contributed by atoms with Crippen LogP contribution in [-0.4, -0.2) is 54.3 Å². The lowest BCUT2D eigenvalue weighted by Crippen LogP contribution is -2.53. The molecule has 41 heavy (non-hydrogen) atoms. The molecule has 0 radical (unpaired) electrons. The van der Waals surface area contributed by atoms with Crippen LogP contribution in [0.4, 0.5) is 0 Å². The summed E-state index contributed by atoms with van der Waals surface area (Å²) in [6.07, 6.45) is 5.67. The average molecular weight is 593 g/mol. The van der Waals surface area contributed by atoms with E-state index in [1.807, 2.05) is 65.6 Å². The standard InChI is InChI=1S/C34H39Cl2N3O2/c1-26(40)37-34(28-12-6-3-7-13-28)18-22-38(23-19-34)20-8-16-33(29-14-15-30(35)31(36)24-29)17-9-21-39(25-33)32(41)27-10-4-2-5-11-27/h2-7,10-15,24H,8-9,16-23,25H2,1H3,(H,37,40)/t33-/m1/s1. The van der Waals surface area contributed by atoms with Crippen LogP contribution in [0.15, 0.2) is 78.9 Å². The molecule has 2 aliphatic rings. The second kappa shape index (κ2) is 13.0. The van der Waals surface area contributed by atoms with Gasteiger partial charge in [0.1, 0.15) is 0 Å². The molecule has 0 bridgehead atoms. The first kappa shape index (κ1) is 29.6. The Labute approximate surface area is 253 Å². The lowest BCUT2D eigenvalue weighted by molar-refractivity contribution is -0.121. The van der Waals surface area contributed by atoms with Crippen molar-refractivity contribution in [1.29, 1.82) is 0 Å². The molecule has 7 heteroatoms. The molecule has 0 spiro atoms. The fourth-order valence-corrected chi connectivity index (χ4v) is 7.16. The minimum absolute atomic E-state index is 0.0118. The Morgan fingerprint density at radius 1 is 0.829 bits per heavy atom. The first-order valence-electron chi connectivity index (χ1n) is 14.7. The summed E-state index contributed by atoms with van der Waals surface area (Å²) in [6, 6.07) is 25.9. The molecule has 0 unspecified atom stereocenters. The van der Waals surface area contributed by atoms with E-state index in [2.05, 4.69) is 28.4 Å². The molecule has 3 aromatic rings. The van der Waals surface area contributed by atoms with Crippen LogP contribution < -0.4 is 5.32 Å². The number of carbonyl (C=O) groups excluding carboxylic acids is 2. The quantitative estimate of drug-likeness (QED) is 0.304. The molecule has 5 nitrogen and oxygen atoms in total. The lowest BCUT2D eigenvalue weighted by atomic mass is 9.70. The highest BCUT2D eigenvalue weighted by Crippen LogP contribution is 2.41. The summed E-state index contributed by atoms with van der Waals surface area (Å²) in [5, 5.41) is 4.39. The van der Waals surface area contributed by atoms with Crippen LogP contribution in [0.5, 0.6) is 0 Å². The molecule has 216 valence electrons. The minimum atomic E-state index is -0.313. The zero-order valence-electron chi connectivity index (χ0n) is 23.8. The van der Waals surface area contributed by atoms with E-state index in [-0.39, 0.29) is 22.8 Å². The van der Waals surface area contributed by atoms with E-state index in [9.17, 15) is 9.59 Å². The predicted molar refractivity (Wildman–Crippen MR) is 167 cm³/mol. The van der Waals surface area contributed by atoms with Crippen LogP contribution in [0.3, 0.4) is 0 Å². The van der Waals surface area contributed by atoms with Gasteiger partial charge in [0.15, 0.2) is 0 Å². The Morgan fingerprint density at radius 2 is 1.51 bits per heavy atom. The largest absolute Gasteiger partial charge is 0.347 e. The number of benzene rings is 3. The number of amides is 2. The molecule has 2 fully saturated rings. The van der Waals surface area contributed by atoms with Gasteiger partial charge in [-0.05, 0) is 80.5 Å². The number of halogens is 2. The smallest absolute Gasteiger partial charge is 0.253 e. The van der Waals surface area contributed by atoms with Gasteiger partial charge in [-0.1, -0.05) is 77.8 Å². The van der Waals surface area contributed by atoms with Crippen LogP contribution in [0, 0.1) is 0 Å². The SMILES string of the molecule is CC(=O)NC1(c2ccccc2)CCN(CCC[C@@]2(c3ccc(Cl)c(Cl)c3)CCCN(C(=O)c3ccccc3)C2)CC1. The highest BCUT2D eigenvalue weighted by molar-refractivity contribution is 6.42. The van der Waals surface area contributed by atoms with Crippen molar-refractivity contribution in [2.75, 3.05) is 32.7 Å². The summed E-state index contributed by atoms with van der Waals surface area (Å²) in [5.74, 6) is 0.0961. The topological polar surface area (TPSA) is 52.7 Å². The normalized spacial score (nSPS) is 20.9. The number of rotatable bonds is 8. The van der Waals surface area contributed by atoms with Crippen molar-refractivity contribution in [2.24, 2.45) is 0 Å². The van der Waals surface area contributed by atoms with E-state index in [4.69, 9.17) is 23.2 Å². The number of piperidine rings is 2. The van der Waals surface area contributed by atoms with E-state index < -0.39 is 0 Å². The summed E-state index contributed by atoms with van der Waals surface area (Å²) >= 11 is 12.8. The van der Waals surface area contributed by atoms with Gasteiger partial charge in [0, 0.05) is 44.1 Å². The first-order chi connectivity index (χ1) is 19.8. The molecule has 5 rings (SSSR count). The molecule has 2 amide bonds. The van der Waals surface area contributed by atoms with Gasteiger partial charge in [0.2, 0.25) is 5.91 Å². The van der Waals surface area contributed by atoms with Gasteiger partial charge in [-0.25, -0.2) is 0 Å². The third-order valence-electron chi connectivity index (χ3n) is 9.00. The van der Waals surface area contributed by atoms with Crippen LogP contribution >= 0.6 is 23.2 Å². The maximum absolute atomic E-state index is 13.5. The molecular weight excluding hydrogens is 553 g/mol. The molecular formula is C34H39Cl2N3O2. The molecule has 3 aromatic carbocycles. The second-order valence-corrected chi connectivity index (χ2v) is 12.5. The van der Waals surface area contributed by atoms with Gasteiger partial charge in [-0.2, -0.15) is 0 Å². The summed E-state index contributed by atoms with van der Waals surface area (Å²) in [5.41, 5.74) is 2.57. The third kappa shape index (κ3) is 6.80. The minimum Gasteiger partial charge on any atom is -0.347 e. The summed E-state index contributed by atoms with van der Waals surface area (Å²) in [7, 11) is 0. The Balaban J connectivity index is 1.29. The maximum Gasteiger partial charge on any atom is 0.253 e. The monoisotopic (exact) mass is 591 g/mol. The zero-order valence-corrected chi connectivity index (χ0v) is 25.3. The molecule has 0 saturated carbocycles. The molecule has 2 heterocycles. The van der Waals surface area contributed by atoms with E-state index in [1.165, 1.54) is 5.56 Å². The van der Waals surface area contributed by atoms with Gasteiger partial charge < -0.3 is 15.1 Å². The van der Waals surface area contributed by atoms with Crippen molar-refractivity contribution in [2.45, 2.75) is 56.4 Å². The number of hydrogen-bond acceptors (Lipinski definition) is 3. The van der Waals surface area contributed by atoms with E-state index in [0.29, 0.717) is 16.6 Å². The Bertz CT molecular complexity index is 1340. The average Bonchev–Trinajstić information content (AvgIpc) is 3.00. The van der Waals surface area contributed by atoms with E-state index >= 15 is 0 Å². The number of nitrogens with zero attached hydrogens (tertiary/aromatic N) is 2. The van der Waals surface area contributed by atoms with E-state index in [1.54, 1.807) is 6.92 Å². The Morgan fingerprint density at radius 3 is 2.17 bits per heavy atom. The molecule has 0 aliphatic carbocycles. The molecule has 1 atom stereocenters. The first-order valence-corrected chi connectivity index (χ1v) is 15.4. The number of likely N-dealkylation sites (tertiary alicyclic amines) is 2. The van der Waals surface area contributed by atoms with Crippen molar-refractivity contribution < 1.29 is 9.59 Å². The highest BCUT2D eigenvalue weighted by atomic mass is 35.5. The van der Waals surface area contributed by atoms with Crippen molar-refractivity contribution in [1.82, 2.24) is 15.1 Å². The number of carbonyl (C=O) groups is 2. The Hall–Kier alpha value is -2.86. The van der Waals surface area contributed by atoms with E-state index in [0.717, 1.165) is 75.8 Å². The summed E-state index contributed by atoms with van der Waals surface area (Å²) < 4.78 is 0. The van der Waals surface area contributed by atoms with Gasteiger partial charge in [-0.15, -0.1) is 0 Å². The Kier molecular flexibility index (Phi) is 9.38. The fourth-order valence-electron chi connectivity index (χ4n) is 6.86. The van der Waals surface area contributed by atoms with Crippen molar-refractivity contribution in [3.8, 4) is 0 Å². The molecule has 0 aromatic heterocycles. The molecule has 2 saturated heterocycles. The molecule has 1 N–H and O–H groups in total. The van der Waals surface area contributed by atoms with Gasteiger partial charge in [-0.3, -0.25) is 9.59 Å². The lowest BCUT2D eigenvalue weighted by Gasteiger charge is -2.45. The van der Waals surface area contributed by atoms with Crippen LogP contribution in [-0.2, 0) is 15.7 Å². The van der Waals surface area contributed by atoms with Crippen LogP contribution in [0.2, 0.25) is 10.0 Å². The number of nitrogens with one attached hydrogen (secondary N) is 1. The maximum atomic E-state index is 13.5. The van der Waals surface area contributed by atoms with Crippen LogP contribution in [0.25, 0.3) is 0 Å². The molecule has 2 aliphatic heterocycles. The second-order valence-electron chi connectivity index (χ2n) is 11.7. The summed E-state index contributed by atoms with van der Waals surface area (Å²) in [6.45, 7) is 5.85. The van der Waals surface area contributed by atoms with Crippen molar-refractivity contribution in [3.05, 3.63) is 106 Å². The van der Waals surface area contributed by atoms with Gasteiger partial charge >= 0.3 is 0 Å². The summed E-state index contributed by atoms with van der Waals surface area (Å²) in [4.78, 5) is 30.1. The van der Waals surface area contributed by atoms with Crippen molar-refractivity contribution >= 4 is 35.0 Å². The van der Waals surface area contributed by atoms with Crippen molar-refractivity contribution in [3.63, 3.8) is 0 Å². The number of hydrogen-bond donors (Lipinski definition) is 1. The third-order valence-corrected chi connectivity index (χ3v) is 9.74. The van der Waals surface area contributed by atoms with Gasteiger partial charge in [0.05, 0.1) is 15.6 Å².